The lowest BCUT2D eigenvalue weighted by Crippen LogP contribution is -2.39. The van der Waals surface area contributed by atoms with Gasteiger partial charge < -0.3 is 15.3 Å². The van der Waals surface area contributed by atoms with Crippen molar-refractivity contribution in [1.82, 2.24) is 9.88 Å². The third-order valence-corrected chi connectivity index (χ3v) is 3.21. The van der Waals surface area contributed by atoms with Gasteiger partial charge in [0.1, 0.15) is 5.82 Å². The average Bonchev–Trinajstić information content (AvgIpc) is 2.44. The van der Waals surface area contributed by atoms with Crippen molar-refractivity contribution < 1.29 is 9.90 Å². The molecule has 1 rings (SSSR count). The van der Waals surface area contributed by atoms with Gasteiger partial charge in [-0.3, -0.25) is 4.79 Å². The van der Waals surface area contributed by atoms with Crippen LogP contribution >= 0.6 is 0 Å². The minimum Gasteiger partial charge on any atom is -0.395 e. The number of amides is 1. The van der Waals surface area contributed by atoms with Crippen LogP contribution in [-0.4, -0.2) is 46.6 Å². The van der Waals surface area contributed by atoms with Crippen LogP contribution in [-0.2, 0) is 6.42 Å². The van der Waals surface area contributed by atoms with E-state index < -0.39 is 0 Å². The molecular weight excluding hydrogens is 266 g/mol. The number of carbonyl (C=O) groups excluding carboxylic acids is 1. The number of aromatic nitrogens is 1. The Morgan fingerprint density at radius 3 is 2.62 bits per heavy atom. The summed E-state index contributed by atoms with van der Waals surface area (Å²) in [5.41, 5.74) is 1.55. The van der Waals surface area contributed by atoms with Crippen LogP contribution in [0.1, 0.15) is 50.2 Å². The summed E-state index contributed by atoms with van der Waals surface area (Å²) in [5, 5.41) is 12.3. The second kappa shape index (κ2) is 8.62. The number of hydrogen-bond donors (Lipinski definition) is 2. The van der Waals surface area contributed by atoms with Gasteiger partial charge in [0.05, 0.1) is 6.61 Å². The summed E-state index contributed by atoms with van der Waals surface area (Å²) in [5.74, 6) is 0.678. The molecule has 0 aromatic carbocycles. The predicted octanol–water partition coefficient (Wildman–Crippen LogP) is 2.31. The monoisotopic (exact) mass is 293 g/mol. The lowest BCUT2D eigenvalue weighted by atomic mass is 10.1. The quantitative estimate of drug-likeness (QED) is 0.772. The molecule has 0 fully saturated rings. The number of nitrogens with one attached hydrogen (secondary N) is 1. The first-order valence-corrected chi connectivity index (χ1v) is 7.70. The molecule has 1 aromatic heterocycles. The highest BCUT2D eigenvalue weighted by molar-refractivity contribution is 5.95. The van der Waals surface area contributed by atoms with Crippen molar-refractivity contribution in [3.05, 3.63) is 23.4 Å². The van der Waals surface area contributed by atoms with Crippen LogP contribution in [0.2, 0.25) is 0 Å². The maximum atomic E-state index is 12.6. The molecule has 1 heterocycles. The number of aliphatic hydroxyl groups is 1. The van der Waals surface area contributed by atoms with Gasteiger partial charge in [-0.25, -0.2) is 4.98 Å². The zero-order valence-electron chi connectivity index (χ0n) is 13.5. The molecule has 0 radical (unpaired) electrons. The Labute approximate surface area is 127 Å². The Kier molecular flexibility index (Phi) is 7.15. The van der Waals surface area contributed by atoms with E-state index >= 15 is 0 Å². The molecule has 1 amide bonds. The largest absolute Gasteiger partial charge is 0.395 e. The zero-order valence-corrected chi connectivity index (χ0v) is 13.5. The van der Waals surface area contributed by atoms with E-state index in [1.54, 1.807) is 11.0 Å². The second-order valence-corrected chi connectivity index (χ2v) is 5.33. The van der Waals surface area contributed by atoms with Gasteiger partial charge in [-0.15, -0.1) is 0 Å². The molecule has 0 unspecified atom stereocenters. The summed E-state index contributed by atoms with van der Waals surface area (Å²) in [6.45, 7) is 9.08. The van der Waals surface area contributed by atoms with Crippen molar-refractivity contribution in [2.45, 2.75) is 46.6 Å². The highest BCUT2D eigenvalue weighted by Crippen LogP contribution is 2.15. The number of anilines is 1. The van der Waals surface area contributed by atoms with Gasteiger partial charge in [-0.1, -0.05) is 13.3 Å². The first kappa shape index (κ1) is 17.4. The van der Waals surface area contributed by atoms with E-state index in [0.29, 0.717) is 12.1 Å². The zero-order chi connectivity index (χ0) is 15.8. The molecule has 0 aliphatic rings. The number of aryl methyl sites for hydroxylation is 1. The number of carbonyl (C=O) groups is 1. The van der Waals surface area contributed by atoms with E-state index in [1.165, 1.54) is 0 Å². The lowest BCUT2D eigenvalue weighted by Gasteiger charge is -2.26. The number of aliphatic hydroxyl groups excluding tert-OH is 1. The van der Waals surface area contributed by atoms with Crippen LogP contribution in [0, 0.1) is 0 Å². The van der Waals surface area contributed by atoms with Gasteiger partial charge in [-0.2, -0.15) is 0 Å². The predicted molar refractivity (Wildman–Crippen MR) is 85.7 cm³/mol. The SMILES string of the molecule is CCCc1cc(C(=O)N(CCO)C(C)C)cc(NCC)n1. The van der Waals surface area contributed by atoms with Crippen LogP contribution in [0.4, 0.5) is 5.82 Å². The number of pyridine rings is 1. The van der Waals surface area contributed by atoms with Crippen molar-refractivity contribution in [1.29, 1.82) is 0 Å². The minimum absolute atomic E-state index is 0.0309. The van der Waals surface area contributed by atoms with Gasteiger partial charge in [0.15, 0.2) is 0 Å². The van der Waals surface area contributed by atoms with E-state index in [-0.39, 0.29) is 18.6 Å². The van der Waals surface area contributed by atoms with Crippen LogP contribution in [0.3, 0.4) is 0 Å². The summed E-state index contributed by atoms with van der Waals surface area (Å²) in [7, 11) is 0. The third kappa shape index (κ3) is 5.01. The Hall–Kier alpha value is -1.62. The average molecular weight is 293 g/mol. The Morgan fingerprint density at radius 2 is 2.10 bits per heavy atom. The van der Waals surface area contributed by atoms with Crippen LogP contribution in [0.15, 0.2) is 12.1 Å². The van der Waals surface area contributed by atoms with E-state index in [4.69, 9.17) is 5.11 Å². The molecule has 0 aliphatic heterocycles. The van der Waals surface area contributed by atoms with E-state index in [0.717, 1.165) is 30.9 Å². The summed E-state index contributed by atoms with van der Waals surface area (Å²) in [6, 6.07) is 3.70. The molecule has 0 saturated carbocycles. The fourth-order valence-electron chi connectivity index (χ4n) is 2.23. The van der Waals surface area contributed by atoms with Crippen molar-refractivity contribution in [3.63, 3.8) is 0 Å². The second-order valence-electron chi connectivity index (χ2n) is 5.33. The standard InChI is InChI=1S/C16H27N3O2/c1-5-7-14-10-13(11-15(18-14)17-6-2)16(21)19(8-9-20)12(3)4/h10-12,20H,5-9H2,1-4H3,(H,17,18). The van der Waals surface area contributed by atoms with Crippen molar-refractivity contribution in [3.8, 4) is 0 Å². The fourth-order valence-corrected chi connectivity index (χ4v) is 2.23. The molecule has 0 atom stereocenters. The summed E-state index contributed by atoms with van der Waals surface area (Å²) >= 11 is 0. The smallest absolute Gasteiger partial charge is 0.254 e. The molecule has 5 heteroatoms. The molecule has 0 aliphatic carbocycles. The minimum atomic E-state index is -0.0574. The number of rotatable bonds is 8. The third-order valence-electron chi connectivity index (χ3n) is 3.21. The van der Waals surface area contributed by atoms with Gasteiger partial charge in [0.2, 0.25) is 0 Å². The van der Waals surface area contributed by atoms with Crippen molar-refractivity contribution in [2.24, 2.45) is 0 Å². The molecule has 0 bridgehead atoms. The highest BCUT2D eigenvalue weighted by Gasteiger charge is 2.19. The number of nitrogens with zero attached hydrogens (tertiary/aromatic N) is 2. The van der Waals surface area contributed by atoms with E-state index in [2.05, 4.69) is 17.2 Å². The highest BCUT2D eigenvalue weighted by atomic mass is 16.3. The maximum absolute atomic E-state index is 12.6. The topological polar surface area (TPSA) is 65.5 Å². The van der Waals surface area contributed by atoms with Crippen molar-refractivity contribution >= 4 is 11.7 Å². The van der Waals surface area contributed by atoms with Crippen molar-refractivity contribution in [2.75, 3.05) is 25.0 Å². The van der Waals surface area contributed by atoms with Gasteiger partial charge in [-0.05, 0) is 39.3 Å². The van der Waals surface area contributed by atoms with E-state index in [1.807, 2.05) is 26.8 Å². The van der Waals surface area contributed by atoms with Gasteiger partial charge >= 0.3 is 0 Å². The molecule has 2 N–H and O–H groups in total. The maximum Gasteiger partial charge on any atom is 0.254 e. The van der Waals surface area contributed by atoms with Gasteiger partial charge in [0.25, 0.3) is 5.91 Å². The van der Waals surface area contributed by atoms with Crippen LogP contribution in [0.25, 0.3) is 0 Å². The first-order chi connectivity index (χ1) is 10.0. The fraction of sp³-hybridized carbons (Fsp3) is 0.625. The van der Waals surface area contributed by atoms with Crippen LogP contribution in [0.5, 0.6) is 0 Å². The molecule has 118 valence electrons. The molecule has 21 heavy (non-hydrogen) atoms. The first-order valence-electron chi connectivity index (χ1n) is 7.70. The normalized spacial score (nSPS) is 10.8. The van der Waals surface area contributed by atoms with Gasteiger partial charge in [0, 0.05) is 30.4 Å². The van der Waals surface area contributed by atoms with Crippen LogP contribution < -0.4 is 5.32 Å². The molecule has 5 nitrogen and oxygen atoms in total. The summed E-state index contributed by atoms with van der Waals surface area (Å²) in [4.78, 5) is 18.8. The molecule has 0 spiro atoms. The summed E-state index contributed by atoms with van der Waals surface area (Å²) < 4.78 is 0. The molecule has 1 aromatic rings. The van der Waals surface area contributed by atoms with E-state index in [9.17, 15) is 4.79 Å². The lowest BCUT2D eigenvalue weighted by molar-refractivity contribution is 0.0665. The molecule has 0 saturated heterocycles. The molecular formula is C16H27N3O2. The Morgan fingerprint density at radius 1 is 1.38 bits per heavy atom. The number of hydrogen-bond acceptors (Lipinski definition) is 4. The summed E-state index contributed by atoms with van der Waals surface area (Å²) in [6.07, 6.45) is 1.84. The Bertz CT molecular complexity index is 437. The Balaban J connectivity index is 3.10.